The first-order valence-corrected chi connectivity index (χ1v) is 6.81. The number of amides is 1. The maximum atomic E-state index is 10.9. The number of primary amides is 1. The topological polar surface area (TPSA) is 59.2 Å². The molecule has 0 aliphatic carbocycles. The molecule has 1 aromatic rings. The number of hydrogen-bond acceptors (Lipinski definition) is 4. The monoisotopic (exact) mass is 253 g/mol. The van der Waals surface area contributed by atoms with Gasteiger partial charge < -0.3 is 5.73 Å². The van der Waals surface area contributed by atoms with E-state index in [9.17, 15) is 4.79 Å². The van der Waals surface area contributed by atoms with Crippen LogP contribution >= 0.6 is 11.3 Å². The average Bonchev–Trinajstić information content (AvgIpc) is 2.70. The normalized spacial score (nSPS) is 20.4. The van der Waals surface area contributed by atoms with Gasteiger partial charge in [-0.1, -0.05) is 13.8 Å². The molecule has 4 nitrogen and oxygen atoms in total. The van der Waals surface area contributed by atoms with Crippen LogP contribution in [0.2, 0.25) is 0 Å². The van der Waals surface area contributed by atoms with Crippen molar-refractivity contribution in [1.82, 2.24) is 9.88 Å². The third kappa shape index (κ3) is 3.26. The van der Waals surface area contributed by atoms with Gasteiger partial charge in [0.15, 0.2) is 0 Å². The van der Waals surface area contributed by atoms with Gasteiger partial charge >= 0.3 is 0 Å². The van der Waals surface area contributed by atoms with E-state index in [-0.39, 0.29) is 0 Å². The third-order valence-electron chi connectivity index (χ3n) is 3.37. The van der Waals surface area contributed by atoms with Gasteiger partial charge in [-0.2, -0.15) is 0 Å². The van der Waals surface area contributed by atoms with E-state index in [1.807, 2.05) is 0 Å². The Balaban J connectivity index is 1.91. The van der Waals surface area contributed by atoms with Crippen molar-refractivity contribution in [1.29, 1.82) is 0 Å². The molecule has 0 unspecified atom stereocenters. The van der Waals surface area contributed by atoms with Crippen LogP contribution in [-0.4, -0.2) is 28.9 Å². The van der Waals surface area contributed by atoms with Gasteiger partial charge in [0.2, 0.25) is 0 Å². The molecule has 17 heavy (non-hydrogen) atoms. The van der Waals surface area contributed by atoms with Gasteiger partial charge in [0, 0.05) is 5.38 Å². The van der Waals surface area contributed by atoms with Gasteiger partial charge in [-0.25, -0.2) is 4.98 Å². The van der Waals surface area contributed by atoms with E-state index in [1.165, 1.54) is 24.2 Å². The quantitative estimate of drug-likeness (QED) is 0.894. The minimum Gasteiger partial charge on any atom is -0.364 e. The van der Waals surface area contributed by atoms with E-state index in [1.54, 1.807) is 5.38 Å². The molecule has 0 aromatic carbocycles. The summed E-state index contributed by atoms with van der Waals surface area (Å²) in [5, 5.41) is 2.73. The number of aromatic nitrogens is 1. The molecule has 1 aliphatic rings. The molecular formula is C12H19N3OS. The highest BCUT2D eigenvalue weighted by Gasteiger charge is 2.25. The van der Waals surface area contributed by atoms with Crippen LogP contribution in [0.1, 0.15) is 42.2 Å². The Morgan fingerprint density at radius 3 is 2.71 bits per heavy atom. The maximum absolute atomic E-state index is 10.9. The van der Waals surface area contributed by atoms with Crippen LogP contribution in [0.4, 0.5) is 0 Å². The first-order chi connectivity index (χ1) is 7.96. The molecular weight excluding hydrogens is 234 g/mol. The fourth-order valence-electron chi connectivity index (χ4n) is 2.00. The summed E-state index contributed by atoms with van der Waals surface area (Å²) in [5.74, 6) is -0.438. The Morgan fingerprint density at radius 1 is 1.53 bits per heavy atom. The lowest BCUT2D eigenvalue weighted by Crippen LogP contribution is -2.36. The van der Waals surface area contributed by atoms with Gasteiger partial charge in [-0.3, -0.25) is 9.69 Å². The third-order valence-corrected chi connectivity index (χ3v) is 4.21. The van der Waals surface area contributed by atoms with Crippen molar-refractivity contribution in [3.63, 3.8) is 0 Å². The summed E-state index contributed by atoms with van der Waals surface area (Å²) in [7, 11) is 0. The zero-order chi connectivity index (χ0) is 12.5. The molecule has 1 amide bonds. The summed E-state index contributed by atoms with van der Waals surface area (Å²) in [4.78, 5) is 17.6. The van der Waals surface area contributed by atoms with Crippen molar-refractivity contribution in [2.45, 2.75) is 33.2 Å². The van der Waals surface area contributed by atoms with E-state index in [0.717, 1.165) is 24.6 Å². The minimum absolute atomic E-state index is 0.391. The zero-order valence-electron chi connectivity index (χ0n) is 10.4. The fraction of sp³-hybridized carbons (Fsp3) is 0.667. The molecule has 2 rings (SSSR count). The summed E-state index contributed by atoms with van der Waals surface area (Å²) in [6, 6.07) is 0. The van der Waals surface area contributed by atoms with E-state index in [4.69, 9.17) is 5.73 Å². The smallest absolute Gasteiger partial charge is 0.268 e. The van der Waals surface area contributed by atoms with Crippen LogP contribution in [0.25, 0.3) is 0 Å². The van der Waals surface area contributed by atoms with Crippen molar-refractivity contribution in [2.75, 3.05) is 13.1 Å². The Morgan fingerprint density at radius 2 is 2.18 bits per heavy atom. The number of hydrogen-bond donors (Lipinski definition) is 1. The number of rotatable bonds is 3. The van der Waals surface area contributed by atoms with Gasteiger partial charge in [-0.15, -0.1) is 11.3 Å². The first kappa shape index (κ1) is 12.5. The van der Waals surface area contributed by atoms with Crippen LogP contribution in [-0.2, 0) is 6.54 Å². The first-order valence-electron chi connectivity index (χ1n) is 5.93. The summed E-state index contributed by atoms with van der Waals surface area (Å²) in [6.07, 6.45) is 2.45. The molecule has 5 heteroatoms. The molecule has 0 radical (unpaired) electrons. The highest BCUT2D eigenvalue weighted by atomic mass is 32.1. The summed E-state index contributed by atoms with van der Waals surface area (Å²) in [6.45, 7) is 7.70. The molecule has 0 spiro atoms. The standard InChI is InChI=1S/C12H19N3OS/c1-12(2)3-5-15(6-4-12)7-10-14-9(8-17-10)11(13)16/h8H,3-7H2,1-2H3,(H2,13,16). The van der Waals surface area contributed by atoms with E-state index in [2.05, 4.69) is 23.7 Å². The van der Waals surface area contributed by atoms with Crippen molar-refractivity contribution in [3.8, 4) is 0 Å². The Hall–Kier alpha value is -0.940. The summed E-state index contributed by atoms with van der Waals surface area (Å²) >= 11 is 1.52. The van der Waals surface area contributed by atoms with Crippen molar-refractivity contribution in [3.05, 3.63) is 16.1 Å². The van der Waals surface area contributed by atoms with Gasteiger partial charge in [-0.05, 0) is 31.3 Å². The molecule has 1 aromatic heterocycles. The molecule has 1 aliphatic heterocycles. The minimum atomic E-state index is -0.438. The Labute approximate surface area is 106 Å². The molecule has 0 bridgehead atoms. The number of likely N-dealkylation sites (tertiary alicyclic amines) is 1. The lowest BCUT2D eigenvalue weighted by Gasteiger charge is -2.36. The highest BCUT2D eigenvalue weighted by molar-refractivity contribution is 7.09. The second kappa shape index (κ2) is 4.74. The van der Waals surface area contributed by atoms with Crippen molar-refractivity contribution < 1.29 is 4.79 Å². The molecule has 2 N–H and O–H groups in total. The zero-order valence-corrected chi connectivity index (χ0v) is 11.2. The number of carbonyl (C=O) groups is 1. The number of nitrogens with zero attached hydrogens (tertiary/aromatic N) is 2. The largest absolute Gasteiger partial charge is 0.364 e. The number of piperidine rings is 1. The van der Waals surface area contributed by atoms with Gasteiger partial charge in [0.25, 0.3) is 5.91 Å². The van der Waals surface area contributed by atoms with Gasteiger partial charge in [0.05, 0.1) is 6.54 Å². The van der Waals surface area contributed by atoms with E-state index < -0.39 is 5.91 Å². The Kier molecular flexibility index (Phi) is 3.49. The molecule has 0 atom stereocenters. The summed E-state index contributed by atoms with van der Waals surface area (Å²) < 4.78 is 0. The predicted octanol–water partition coefficient (Wildman–Crippen LogP) is 1.86. The second-order valence-electron chi connectivity index (χ2n) is 5.43. The number of thiazole rings is 1. The molecule has 94 valence electrons. The average molecular weight is 253 g/mol. The van der Waals surface area contributed by atoms with Crippen molar-refractivity contribution >= 4 is 17.2 Å². The van der Waals surface area contributed by atoms with Crippen LogP contribution in [0.3, 0.4) is 0 Å². The Bertz CT molecular complexity index is 404. The maximum Gasteiger partial charge on any atom is 0.268 e. The molecule has 0 saturated carbocycles. The van der Waals surface area contributed by atoms with Crippen molar-refractivity contribution in [2.24, 2.45) is 11.1 Å². The van der Waals surface area contributed by atoms with E-state index in [0.29, 0.717) is 11.1 Å². The second-order valence-corrected chi connectivity index (χ2v) is 6.37. The number of nitrogens with two attached hydrogens (primary N) is 1. The lowest BCUT2D eigenvalue weighted by molar-refractivity contribution is 0.0995. The summed E-state index contributed by atoms with van der Waals surface area (Å²) in [5.41, 5.74) is 6.05. The van der Waals surface area contributed by atoms with E-state index >= 15 is 0 Å². The van der Waals surface area contributed by atoms with Crippen LogP contribution in [0.5, 0.6) is 0 Å². The van der Waals surface area contributed by atoms with Crippen LogP contribution in [0.15, 0.2) is 5.38 Å². The fourth-order valence-corrected chi connectivity index (χ4v) is 2.83. The SMILES string of the molecule is CC1(C)CCN(Cc2nc(C(N)=O)cs2)CC1. The lowest BCUT2D eigenvalue weighted by atomic mass is 9.83. The predicted molar refractivity (Wildman–Crippen MR) is 68.9 cm³/mol. The molecule has 2 heterocycles. The molecule has 1 saturated heterocycles. The highest BCUT2D eigenvalue weighted by Crippen LogP contribution is 2.30. The number of carbonyl (C=O) groups excluding carboxylic acids is 1. The molecule has 1 fully saturated rings. The van der Waals surface area contributed by atoms with Gasteiger partial charge in [0.1, 0.15) is 10.7 Å². The van der Waals surface area contributed by atoms with Crippen LogP contribution in [0, 0.1) is 5.41 Å². The van der Waals surface area contributed by atoms with Crippen LogP contribution < -0.4 is 5.73 Å².